The lowest BCUT2D eigenvalue weighted by molar-refractivity contribution is -0.153. The minimum absolute atomic E-state index is 0.0237. The number of esters is 1. The van der Waals surface area contributed by atoms with E-state index in [1.807, 2.05) is 0 Å². The van der Waals surface area contributed by atoms with Crippen molar-refractivity contribution in [3.63, 3.8) is 0 Å². The number of nitrogens with zero attached hydrogens (tertiary/aromatic N) is 4. The molecule has 0 aliphatic heterocycles. The lowest BCUT2D eigenvalue weighted by atomic mass is 10.2. The topological polar surface area (TPSA) is 86.6 Å². The summed E-state index contributed by atoms with van der Waals surface area (Å²) >= 11 is 1.16. The van der Waals surface area contributed by atoms with Gasteiger partial charge in [-0.3, -0.25) is 4.98 Å². The number of carbonyl (C=O) groups excluding carboxylic acids is 2. The molecule has 41 heavy (non-hydrogen) atoms. The molecule has 8 nitrogen and oxygen atoms in total. The van der Waals surface area contributed by atoms with Crippen molar-refractivity contribution in [2.75, 3.05) is 26.8 Å². The third kappa shape index (κ3) is 7.31. The average Bonchev–Trinajstić information content (AvgIpc) is 3.30. The number of halogens is 5. The molecular weight excluding hydrogens is 571 g/mol. The Bertz CT molecular complexity index is 1580. The van der Waals surface area contributed by atoms with Gasteiger partial charge in [0.1, 0.15) is 12.4 Å². The van der Waals surface area contributed by atoms with Crippen LogP contribution in [0.2, 0.25) is 0 Å². The number of hydrogen-bond donors (Lipinski definition) is 0. The van der Waals surface area contributed by atoms with Gasteiger partial charge in [0.05, 0.1) is 28.8 Å². The van der Waals surface area contributed by atoms with E-state index < -0.39 is 36.4 Å². The zero-order valence-corrected chi connectivity index (χ0v) is 22.6. The fraction of sp³-hybridized carbons (Fsp3) is 0.259. The van der Waals surface area contributed by atoms with Gasteiger partial charge in [-0.1, -0.05) is 23.9 Å². The maximum absolute atomic E-state index is 13.4. The fourth-order valence-corrected chi connectivity index (χ4v) is 4.71. The van der Waals surface area contributed by atoms with Crippen molar-refractivity contribution < 1.29 is 41.0 Å². The van der Waals surface area contributed by atoms with Crippen molar-refractivity contribution in [2.45, 2.75) is 24.0 Å². The van der Waals surface area contributed by atoms with Crippen molar-refractivity contribution in [1.82, 2.24) is 19.4 Å². The maximum Gasteiger partial charge on any atom is 0.422 e. The Kier molecular flexibility index (Phi) is 9.11. The number of imidazole rings is 1. The minimum atomic E-state index is -4.49. The number of fused-ring (bicyclic) bond motifs is 1. The first-order valence-corrected chi connectivity index (χ1v) is 13.0. The highest BCUT2D eigenvalue weighted by Crippen LogP contribution is 2.30. The van der Waals surface area contributed by atoms with Gasteiger partial charge in [0.15, 0.2) is 23.4 Å². The third-order valence-corrected chi connectivity index (χ3v) is 6.80. The second kappa shape index (κ2) is 12.5. The molecule has 4 aromatic rings. The van der Waals surface area contributed by atoms with E-state index in [4.69, 9.17) is 9.47 Å². The average molecular weight is 595 g/mol. The number of aromatic nitrogens is 3. The summed E-state index contributed by atoms with van der Waals surface area (Å²) in [5.74, 6) is -2.92. The lowest BCUT2D eigenvalue weighted by Gasteiger charge is -2.19. The van der Waals surface area contributed by atoms with Gasteiger partial charge in [-0.25, -0.2) is 27.9 Å². The molecule has 0 aliphatic carbocycles. The number of rotatable bonds is 9. The van der Waals surface area contributed by atoms with Crippen LogP contribution in [0.1, 0.15) is 21.6 Å². The lowest BCUT2D eigenvalue weighted by Crippen LogP contribution is -2.34. The van der Waals surface area contributed by atoms with Crippen molar-refractivity contribution >= 4 is 34.8 Å². The van der Waals surface area contributed by atoms with Crippen LogP contribution in [0.25, 0.3) is 11.0 Å². The molecule has 0 atom stereocenters. The van der Waals surface area contributed by atoms with Crippen LogP contribution in [0, 0.1) is 18.6 Å². The number of para-hydroxylation sites is 2. The summed E-state index contributed by atoms with van der Waals surface area (Å²) in [6.45, 7) is -0.0809. The molecule has 0 N–H and O–H groups in total. The van der Waals surface area contributed by atoms with E-state index in [1.165, 1.54) is 28.8 Å². The molecule has 14 heteroatoms. The van der Waals surface area contributed by atoms with Gasteiger partial charge in [0.25, 0.3) is 0 Å². The zero-order chi connectivity index (χ0) is 29.7. The second-order valence-electron chi connectivity index (χ2n) is 8.76. The summed E-state index contributed by atoms with van der Waals surface area (Å²) in [5.41, 5.74) is 1.76. The van der Waals surface area contributed by atoms with Crippen LogP contribution in [0.15, 0.2) is 59.9 Å². The minimum Gasteiger partial charge on any atom is -0.484 e. The number of benzene rings is 2. The SMILES string of the molecule is Cc1c(OCC(F)(F)F)ccnc1CSc1nc2ccccc2n1C(=O)N(C)CCOC(=O)c1ccc(F)c(F)c1. The van der Waals surface area contributed by atoms with Gasteiger partial charge in [-0.2, -0.15) is 13.2 Å². The van der Waals surface area contributed by atoms with Crippen molar-refractivity contribution in [3.05, 3.63) is 83.2 Å². The second-order valence-corrected chi connectivity index (χ2v) is 9.70. The van der Waals surface area contributed by atoms with Crippen LogP contribution in [0.3, 0.4) is 0 Å². The normalized spacial score (nSPS) is 11.5. The highest BCUT2D eigenvalue weighted by Gasteiger charge is 2.29. The Labute approximate surface area is 235 Å². The summed E-state index contributed by atoms with van der Waals surface area (Å²) in [5, 5.41) is 0.310. The van der Waals surface area contributed by atoms with Gasteiger partial charge >= 0.3 is 18.2 Å². The van der Waals surface area contributed by atoms with Crippen LogP contribution >= 0.6 is 11.8 Å². The van der Waals surface area contributed by atoms with E-state index in [2.05, 4.69) is 9.97 Å². The fourth-order valence-electron chi connectivity index (χ4n) is 3.69. The molecule has 0 saturated carbocycles. The van der Waals surface area contributed by atoms with Crippen molar-refractivity contribution in [1.29, 1.82) is 0 Å². The molecule has 1 amide bonds. The monoisotopic (exact) mass is 594 g/mol. The molecule has 2 aromatic heterocycles. The number of hydrogen-bond acceptors (Lipinski definition) is 7. The number of pyridine rings is 1. The Morgan fingerprint density at radius 1 is 1.07 bits per heavy atom. The van der Waals surface area contributed by atoms with Crippen molar-refractivity contribution in [3.8, 4) is 5.75 Å². The zero-order valence-electron chi connectivity index (χ0n) is 21.7. The molecule has 0 fully saturated rings. The third-order valence-electron chi connectivity index (χ3n) is 5.85. The standard InChI is InChI=1S/C27H23F5N4O4S/c1-16-21(33-10-9-23(16)40-15-27(30,31)32)14-41-25-34-20-5-3-4-6-22(20)36(25)26(38)35(2)11-12-39-24(37)17-7-8-18(28)19(29)13-17/h3-10,13H,11-12,14-15H2,1-2H3. The number of likely N-dealkylation sites (N-methyl/N-ethyl adjacent to an activating group) is 1. The quantitative estimate of drug-likeness (QED) is 0.133. The van der Waals surface area contributed by atoms with E-state index in [-0.39, 0.29) is 30.2 Å². The van der Waals surface area contributed by atoms with Crippen LogP contribution in [-0.2, 0) is 10.5 Å². The Hall–Kier alpha value is -4.20. The van der Waals surface area contributed by atoms with Gasteiger partial charge in [-0.15, -0.1) is 0 Å². The van der Waals surface area contributed by atoms with E-state index in [0.29, 0.717) is 27.4 Å². The number of ether oxygens (including phenoxy) is 2. The summed E-state index contributed by atoms with van der Waals surface area (Å²) in [4.78, 5) is 35.7. The number of thioether (sulfide) groups is 1. The predicted molar refractivity (Wildman–Crippen MR) is 140 cm³/mol. The molecule has 0 bridgehead atoms. The number of alkyl halides is 3. The molecule has 4 rings (SSSR count). The first-order chi connectivity index (χ1) is 19.4. The molecule has 0 aliphatic rings. The van der Waals surface area contributed by atoms with Gasteiger partial charge in [0, 0.05) is 24.6 Å². The molecular formula is C27H23F5N4O4S. The van der Waals surface area contributed by atoms with E-state index in [1.54, 1.807) is 31.2 Å². The van der Waals surface area contributed by atoms with E-state index in [0.717, 1.165) is 30.0 Å². The molecule has 0 radical (unpaired) electrons. The van der Waals surface area contributed by atoms with Crippen molar-refractivity contribution in [2.24, 2.45) is 0 Å². The van der Waals surface area contributed by atoms with Crippen LogP contribution in [-0.4, -0.2) is 64.4 Å². The van der Waals surface area contributed by atoms with Crippen LogP contribution in [0.4, 0.5) is 26.7 Å². The molecule has 0 unspecified atom stereocenters. The number of carbonyl (C=O) groups is 2. The Balaban J connectivity index is 1.46. The highest BCUT2D eigenvalue weighted by atomic mass is 32.2. The molecule has 2 aromatic carbocycles. The molecule has 2 heterocycles. The van der Waals surface area contributed by atoms with E-state index in [9.17, 15) is 31.5 Å². The Morgan fingerprint density at radius 3 is 2.56 bits per heavy atom. The maximum atomic E-state index is 13.4. The summed E-state index contributed by atoms with van der Waals surface area (Å²) < 4.78 is 75.7. The molecule has 216 valence electrons. The summed E-state index contributed by atoms with van der Waals surface area (Å²) in [6, 6.07) is 10.4. The largest absolute Gasteiger partial charge is 0.484 e. The smallest absolute Gasteiger partial charge is 0.422 e. The number of amides is 1. The van der Waals surface area contributed by atoms with Crippen LogP contribution in [0.5, 0.6) is 5.75 Å². The summed E-state index contributed by atoms with van der Waals surface area (Å²) in [7, 11) is 1.49. The summed E-state index contributed by atoms with van der Waals surface area (Å²) in [6.07, 6.45) is -3.14. The molecule has 0 saturated heterocycles. The van der Waals surface area contributed by atoms with Crippen LogP contribution < -0.4 is 4.74 Å². The van der Waals surface area contributed by atoms with Gasteiger partial charge in [-0.05, 0) is 43.3 Å². The van der Waals surface area contributed by atoms with Gasteiger partial charge in [0.2, 0.25) is 0 Å². The highest BCUT2D eigenvalue weighted by molar-refractivity contribution is 7.98. The first-order valence-electron chi connectivity index (χ1n) is 12.1. The Morgan fingerprint density at radius 2 is 1.83 bits per heavy atom. The predicted octanol–water partition coefficient (Wildman–Crippen LogP) is 6.01. The van der Waals surface area contributed by atoms with Gasteiger partial charge < -0.3 is 14.4 Å². The van der Waals surface area contributed by atoms with E-state index >= 15 is 0 Å². The first kappa shape index (κ1) is 29.8. The molecule has 0 spiro atoms.